The number of nitrogens with zero attached hydrogens (tertiary/aromatic N) is 4. The third-order valence-electron chi connectivity index (χ3n) is 2.85. The fourth-order valence-corrected chi connectivity index (χ4v) is 2.80. The fraction of sp³-hybridized carbons (Fsp3) is 0.333. The summed E-state index contributed by atoms with van der Waals surface area (Å²) in [6.45, 7) is 5.69. The predicted molar refractivity (Wildman–Crippen MR) is 74.6 cm³/mol. The van der Waals surface area contributed by atoms with Crippen molar-refractivity contribution < 1.29 is 0 Å². The summed E-state index contributed by atoms with van der Waals surface area (Å²) in [6.07, 6.45) is 0. The number of rotatable bonds is 3. The van der Waals surface area contributed by atoms with Crippen LogP contribution in [-0.4, -0.2) is 25.8 Å². The zero-order valence-electron chi connectivity index (χ0n) is 11.4. The van der Waals surface area contributed by atoms with Crippen LogP contribution in [0.25, 0.3) is 0 Å². The van der Waals surface area contributed by atoms with Crippen LogP contribution in [0.3, 0.4) is 0 Å². The highest BCUT2D eigenvalue weighted by Crippen LogP contribution is 2.30. The molecule has 19 heavy (non-hydrogen) atoms. The van der Waals surface area contributed by atoms with E-state index in [9.17, 15) is 0 Å². The van der Waals surface area contributed by atoms with Crippen LogP contribution < -0.4 is 5.73 Å². The number of amidine groups is 1. The second-order valence-electron chi connectivity index (χ2n) is 4.35. The van der Waals surface area contributed by atoms with E-state index in [0.717, 1.165) is 22.0 Å². The molecule has 0 aromatic carbocycles. The zero-order valence-corrected chi connectivity index (χ0v) is 12.2. The number of nitrogen functional groups attached to an aromatic ring is 1. The van der Waals surface area contributed by atoms with E-state index in [1.54, 1.807) is 4.68 Å². The summed E-state index contributed by atoms with van der Waals surface area (Å²) in [5.74, 6) is 0.0110. The van der Waals surface area contributed by atoms with E-state index in [2.05, 4.69) is 15.3 Å². The molecule has 2 rings (SSSR count). The first-order valence-electron chi connectivity index (χ1n) is 5.77. The molecule has 2 aromatic rings. The maximum absolute atomic E-state index is 7.71. The molecule has 0 unspecified atom stereocenters. The molecular weight excluding hydrogens is 260 g/mol. The molecule has 0 aliphatic rings. The molecular formula is C12H16N6S. The van der Waals surface area contributed by atoms with Gasteiger partial charge >= 0.3 is 0 Å². The van der Waals surface area contributed by atoms with Gasteiger partial charge in [0.25, 0.3) is 0 Å². The summed E-state index contributed by atoms with van der Waals surface area (Å²) in [5, 5.41) is 21.8. The maximum atomic E-state index is 7.71. The largest absolute Gasteiger partial charge is 0.384 e. The summed E-state index contributed by atoms with van der Waals surface area (Å²) in [6, 6.07) is 1.96. The van der Waals surface area contributed by atoms with Gasteiger partial charge in [0, 0.05) is 7.05 Å². The minimum absolute atomic E-state index is 0.0110. The van der Waals surface area contributed by atoms with E-state index >= 15 is 0 Å². The number of nitrogens with one attached hydrogen (secondary N) is 1. The molecule has 2 aromatic heterocycles. The van der Waals surface area contributed by atoms with Crippen LogP contribution in [0.4, 0.5) is 0 Å². The average Bonchev–Trinajstić information content (AvgIpc) is 2.62. The summed E-state index contributed by atoms with van der Waals surface area (Å²) in [7, 11) is 1.87. The van der Waals surface area contributed by atoms with Crippen molar-refractivity contribution in [2.45, 2.75) is 30.8 Å². The second kappa shape index (κ2) is 5.00. The van der Waals surface area contributed by atoms with Crippen molar-refractivity contribution in [1.82, 2.24) is 20.0 Å². The lowest BCUT2D eigenvalue weighted by Gasteiger charge is -2.10. The standard InChI is InChI=1S/C12H16N6S/c1-6-5-9(18(4)17-6)19-12-10(11(13)14)7(2)8(3)15-16-12/h5H,1-4H3,(H3,13,14). The Hall–Kier alpha value is -1.89. The highest BCUT2D eigenvalue weighted by Gasteiger charge is 2.16. The molecule has 0 aliphatic carbocycles. The molecule has 2 heterocycles. The van der Waals surface area contributed by atoms with Gasteiger partial charge in [0.05, 0.1) is 17.0 Å². The molecule has 0 aliphatic heterocycles. The van der Waals surface area contributed by atoms with Crippen LogP contribution in [0.15, 0.2) is 16.1 Å². The van der Waals surface area contributed by atoms with E-state index in [4.69, 9.17) is 11.1 Å². The molecule has 0 atom stereocenters. The fourth-order valence-electron chi connectivity index (χ4n) is 1.76. The van der Waals surface area contributed by atoms with Gasteiger partial charge < -0.3 is 5.73 Å². The van der Waals surface area contributed by atoms with E-state index in [0.29, 0.717) is 10.6 Å². The zero-order chi connectivity index (χ0) is 14.2. The van der Waals surface area contributed by atoms with Crippen LogP contribution in [0.2, 0.25) is 0 Å². The molecule has 0 spiro atoms. The molecule has 0 saturated carbocycles. The molecule has 0 radical (unpaired) electrons. The molecule has 0 amide bonds. The van der Waals surface area contributed by atoms with Gasteiger partial charge in [-0.25, -0.2) is 0 Å². The highest BCUT2D eigenvalue weighted by atomic mass is 32.2. The van der Waals surface area contributed by atoms with E-state index in [1.165, 1.54) is 11.8 Å². The Kier molecular flexibility index (Phi) is 3.57. The monoisotopic (exact) mass is 276 g/mol. The molecule has 3 N–H and O–H groups in total. The van der Waals surface area contributed by atoms with Gasteiger partial charge in [0.1, 0.15) is 15.9 Å². The van der Waals surface area contributed by atoms with Gasteiger partial charge in [-0.1, -0.05) is 0 Å². The Bertz CT molecular complexity index is 646. The van der Waals surface area contributed by atoms with Crippen molar-refractivity contribution in [2.75, 3.05) is 0 Å². The first-order valence-corrected chi connectivity index (χ1v) is 6.58. The lowest BCUT2D eigenvalue weighted by atomic mass is 10.1. The van der Waals surface area contributed by atoms with Crippen molar-refractivity contribution in [2.24, 2.45) is 12.8 Å². The lowest BCUT2D eigenvalue weighted by molar-refractivity contribution is 0.691. The number of hydrogen-bond acceptors (Lipinski definition) is 5. The van der Waals surface area contributed by atoms with E-state index in [-0.39, 0.29) is 5.84 Å². The number of aromatic nitrogens is 4. The molecule has 0 fully saturated rings. The molecule has 100 valence electrons. The molecule has 0 bridgehead atoms. The van der Waals surface area contributed by atoms with Gasteiger partial charge in [-0.3, -0.25) is 10.1 Å². The Balaban J connectivity index is 2.49. The topological polar surface area (TPSA) is 93.5 Å². The minimum atomic E-state index is 0.0110. The first-order chi connectivity index (χ1) is 8.90. The van der Waals surface area contributed by atoms with Crippen LogP contribution in [0.1, 0.15) is 22.5 Å². The number of hydrogen-bond donors (Lipinski definition) is 2. The first kappa shape index (κ1) is 13.5. The summed E-state index contributed by atoms with van der Waals surface area (Å²) in [5.41, 5.74) is 8.93. The second-order valence-corrected chi connectivity index (χ2v) is 5.36. The van der Waals surface area contributed by atoms with Gasteiger partial charge in [0.15, 0.2) is 0 Å². The smallest absolute Gasteiger partial charge is 0.136 e. The lowest BCUT2D eigenvalue weighted by Crippen LogP contribution is -2.17. The highest BCUT2D eigenvalue weighted by molar-refractivity contribution is 7.99. The van der Waals surface area contributed by atoms with Gasteiger partial charge in [-0.2, -0.15) is 10.2 Å². The summed E-state index contributed by atoms with van der Waals surface area (Å²) < 4.78 is 1.78. The van der Waals surface area contributed by atoms with Crippen molar-refractivity contribution in [3.05, 3.63) is 28.6 Å². The van der Waals surface area contributed by atoms with Crippen LogP contribution in [-0.2, 0) is 7.05 Å². The third kappa shape index (κ3) is 2.60. The Labute approximate surface area is 115 Å². The molecule has 0 saturated heterocycles. The SMILES string of the molecule is Cc1cc(Sc2nnc(C)c(C)c2C(=N)N)n(C)n1. The van der Waals surface area contributed by atoms with Crippen LogP contribution >= 0.6 is 11.8 Å². The quantitative estimate of drug-likeness (QED) is 0.655. The Morgan fingerprint density at radius 1 is 1.32 bits per heavy atom. The van der Waals surface area contributed by atoms with Crippen molar-refractivity contribution in [3.63, 3.8) is 0 Å². The number of aryl methyl sites for hydroxylation is 3. The van der Waals surface area contributed by atoms with Gasteiger partial charge in [-0.05, 0) is 44.2 Å². The summed E-state index contributed by atoms with van der Waals surface area (Å²) in [4.78, 5) is 0. The van der Waals surface area contributed by atoms with Gasteiger partial charge in [-0.15, -0.1) is 5.10 Å². The Morgan fingerprint density at radius 2 is 2.00 bits per heavy atom. The third-order valence-corrected chi connectivity index (χ3v) is 3.92. The van der Waals surface area contributed by atoms with Crippen molar-refractivity contribution >= 4 is 17.6 Å². The summed E-state index contributed by atoms with van der Waals surface area (Å²) >= 11 is 1.42. The van der Waals surface area contributed by atoms with Crippen molar-refractivity contribution in [1.29, 1.82) is 5.41 Å². The molecule has 6 nitrogen and oxygen atoms in total. The molecule has 7 heteroatoms. The minimum Gasteiger partial charge on any atom is -0.384 e. The number of nitrogens with two attached hydrogens (primary N) is 1. The van der Waals surface area contributed by atoms with Crippen LogP contribution in [0.5, 0.6) is 0 Å². The predicted octanol–water partition coefficient (Wildman–Crippen LogP) is 1.57. The van der Waals surface area contributed by atoms with Crippen molar-refractivity contribution in [3.8, 4) is 0 Å². The van der Waals surface area contributed by atoms with Gasteiger partial charge in [0.2, 0.25) is 0 Å². The maximum Gasteiger partial charge on any atom is 0.136 e. The van der Waals surface area contributed by atoms with Crippen LogP contribution in [0, 0.1) is 26.2 Å². The normalized spacial score (nSPS) is 10.7. The Morgan fingerprint density at radius 3 is 2.53 bits per heavy atom. The van der Waals surface area contributed by atoms with E-state index < -0.39 is 0 Å². The van der Waals surface area contributed by atoms with E-state index in [1.807, 2.05) is 33.9 Å². The average molecular weight is 276 g/mol.